The van der Waals surface area contributed by atoms with Crippen LogP contribution in [-0.2, 0) is 0 Å². The van der Waals surface area contributed by atoms with Crippen molar-refractivity contribution in [2.24, 2.45) is 0 Å². The minimum Gasteiger partial charge on any atom is -0.299 e. The maximum absolute atomic E-state index is 5.12. The van der Waals surface area contributed by atoms with Gasteiger partial charge in [0.25, 0.3) is 0 Å². The summed E-state index contributed by atoms with van der Waals surface area (Å²) in [5, 5.41) is 17.0. The Morgan fingerprint density at radius 1 is 0.435 bits per heavy atom. The van der Waals surface area contributed by atoms with Gasteiger partial charge < -0.3 is 0 Å². The van der Waals surface area contributed by atoms with Crippen molar-refractivity contribution in [1.29, 1.82) is 0 Å². The van der Waals surface area contributed by atoms with Gasteiger partial charge in [-0.25, -0.2) is 9.97 Å². The van der Waals surface area contributed by atoms with Crippen LogP contribution in [0.2, 0.25) is 0 Å². The van der Waals surface area contributed by atoms with E-state index in [1.807, 2.05) is 30.2 Å². The molecule has 7 heteroatoms. The molecule has 1 aliphatic rings. The molecule has 1 aliphatic heterocycles. The average Bonchev–Trinajstić information content (AvgIpc) is 4.06. The van der Waals surface area contributed by atoms with Gasteiger partial charge in [-0.2, -0.15) is 0 Å². The fraction of sp³-hybridized carbons (Fsp3) is 0. The van der Waals surface area contributed by atoms with E-state index in [1.54, 1.807) is 0 Å². The highest BCUT2D eigenvalue weighted by atomic mass is 32.2. The van der Waals surface area contributed by atoms with Crippen LogP contribution in [0.4, 0.5) is 0 Å². The van der Waals surface area contributed by atoms with Crippen LogP contribution in [0, 0.1) is 0 Å². The second-order valence-electron chi connectivity index (χ2n) is 18.0. The van der Waals surface area contributed by atoms with Crippen LogP contribution < -0.4 is 41.5 Å². The molecule has 0 amide bonds. The lowest BCUT2D eigenvalue weighted by Crippen LogP contribution is -2.85. The van der Waals surface area contributed by atoms with Crippen molar-refractivity contribution in [2.45, 2.75) is 9.79 Å². The summed E-state index contributed by atoms with van der Waals surface area (Å²) in [5.74, 6) is 0.899. The molecule has 0 saturated heterocycles. The van der Waals surface area contributed by atoms with Crippen LogP contribution in [0.5, 0.6) is 0 Å². The molecule has 69 heavy (non-hydrogen) atoms. The zero-order chi connectivity index (χ0) is 45.5. The predicted molar refractivity (Wildman–Crippen MR) is 294 cm³/mol. The molecule has 5 heterocycles. The predicted octanol–water partition coefficient (Wildman–Crippen LogP) is 9.35. The fourth-order valence-electron chi connectivity index (χ4n) is 12.0. The van der Waals surface area contributed by atoms with E-state index in [0.29, 0.717) is 0 Å². The summed E-state index contributed by atoms with van der Waals surface area (Å²) >= 11 is 1.96. The van der Waals surface area contributed by atoms with Gasteiger partial charge in [-0.3, -0.25) is 8.97 Å². The number of benzene rings is 9. The Labute approximate surface area is 405 Å². The maximum atomic E-state index is 5.12. The van der Waals surface area contributed by atoms with Gasteiger partial charge in [0.1, 0.15) is 11.5 Å². The van der Waals surface area contributed by atoms with Crippen LogP contribution in [-0.4, -0.2) is 35.1 Å². The Balaban J connectivity index is 1.28. The Morgan fingerprint density at radius 2 is 1.04 bits per heavy atom. The van der Waals surface area contributed by atoms with E-state index in [4.69, 9.17) is 9.97 Å². The average molecular weight is 931 g/mol. The molecular formula is C62H42N4SSi2. The van der Waals surface area contributed by atoms with E-state index in [-0.39, 0.29) is 0 Å². The number of rotatable bonds is 7. The largest absolute Gasteiger partial charge is 0.299 e. The molecule has 4 aromatic heterocycles. The van der Waals surface area contributed by atoms with E-state index < -0.39 is 16.1 Å². The number of para-hydroxylation sites is 2. The molecule has 0 bridgehead atoms. The van der Waals surface area contributed by atoms with Crippen LogP contribution in [0.3, 0.4) is 0 Å². The van der Waals surface area contributed by atoms with Crippen LogP contribution in [0.15, 0.2) is 265 Å². The van der Waals surface area contributed by atoms with Crippen LogP contribution in [0.1, 0.15) is 0 Å². The molecule has 9 aromatic carbocycles. The molecule has 324 valence electrons. The highest BCUT2D eigenvalue weighted by Gasteiger charge is 2.54. The Bertz CT molecular complexity index is 4020. The molecule has 14 rings (SSSR count). The van der Waals surface area contributed by atoms with Gasteiger partial charge in [0.2, 0.25) is 0 Å². The topological polar surface area (TPSA) is 35.1 Å². The van der Waals surface area contributed by atoms with Crippen molar-refractivity contribution < 1.29 is 0 Å². The van der Waals surface area contributed by atoms with Gasteiger partial charge in [-0.05, 0) is 83.3 Å². The first-order chi connectivity index (χ1) is 34.3. The molecule has 0 radical (unpaired) electrons. The second-order valence-corrected chi connectivity index (χ2v) is 26.5. The standard InChI is InChI=1S/C62H42N4SSi2/c1-5-21-43(22-6-1)68(44-23-7-2-8-24-44,47-36-37-48-49-29-13-15-31-52(49)65-40-39-64-62(65)51(48)41-47)57-42-54-59(50-30-14-16-32-53(50)66(54)58-35-19-20-38-63-58)60-61(57)69(45-25-9-3-10-26-45,46-27-11-4-12-28-46)56-34-18-17-33-55(56)67-60/h1-42H. The van der Waals surface area contributed by atoms with Gasteiger partial charge in [0, 0.05) is 49.9 Å². The Morgan fingerprint density at radius 3 is 1.74 bits per heavy atom. The molecule has 13 aromatic rings. The van der Waals surface area contributed by atoms with E-state index in [2.05, 4.69) is 246 Å². The molecular weight excluding hydrogens is 889 g/mol. The van der Waals surface area contributed by atoms with Gasteiger partial charge in [-0.15, -0.1) is 0 Å². The van der Waals surface area contributed by atoms with Crippen LogP contribution in [0.25, 0.3) is 54.9 Å². The number of nitrogens with zero attached hydrogens (tertiary/aromatic N) is 4. The molecule has 0 N–H and O–H groups in total. The minimum atomic E-state index is -3.45. The normalized spacial score (nSPS) is 13.3. The second kappa shape index (κ2) is 15.8. The first-order valence-corrected chi connectivity index (χ1v) is 28.4. The van der Waals surface area contributed by atoms with Gasteiger partial charge in [0.05, 0.1) is 16.6 Å². The van der Waals surface area contributed by atoms with E-state index in [0.717, 1.165) is 33.4 Å². The van der Waals surface area contributed by atoms with E-state index in [1.165, 1.54) is 72.8 Å². The fourth-order valence-corrected chi connectivity index (χ4v) is 25.3. The number of pyridine rings is 2. The zero-order valence-electron chi connectivity index (χ0n) is 37.4. The molecule has 0 atom stereocenters. The van der Waals surface area contributed by atoms with Crippen molar-refractivity contribution >= 4 is 119 Å². The number of aromatic nitrogens is 4. The summed E-state index contributed by atoms with van der Waals surface area (Å²) in [6.45, 7) is 0. The minimum absolute atomic E-state index is 0.899. The molecule has 0 fully saturated rings. The van der Waals surface area contributed by atoms with Crippen molar-refractivity contribution in [1.82, 2.24) is 18.9 Å². The third kappa shape index (κ3) is 5.69. The molecule has 0 saturated carbocycles. The van der Waals surface area contributed by atoms with Gasteiger partial charge in [0.15, 0.2) is 16.1 Å². The van der Waals surface area contributed by atoms with Crippen molar-refractivity contribution in [3.8, 4) is 5.82 Å². The maximum Gasteiger partial charge on any atom is 0.181 e. The number of hydrogen-bond acceptors (Lipinski definition) is 3. The SMILES string of the molecule is c1ccc([Si](c2ccccc2)(c2ccc3c4ccccc4n4ccnc4c3c2)c2cc3c(c4c2[Si](c2ccccc2)(c2ccccc2)c2ccccc2S4)c2ccccc2n3-c2ccccn2)cc1. The number of imidazole rings is 1. The van der Waals surface area contributed by atoms with Gasteiger partial charge in [-0.1, -0.05) is 212 Å². The third-order valence-electron chi connectivity index (χ3n) is 14.7. The van der Waals surface area contributed by atoms with E-state index >= 15 is 0 Å². The monoisotopic (exact) mass is 930 g/mol. The smallest absolute Gasteiger partial charge is 0.181 e. The quantitative estimate of drug-likeness (QED) is 0.0909. The summed E-state index contributed by atoms with van der Waals surface area (Å²) in [5.41, 5.74) is 4.41. The zero-order valence-corrected chi connectivity index (χ0v) is 40.3. The first kappa shape index (κ1) is 40.0. The summed E-state index contributed by atoms with van der Waals surface area (Å²) in [6, 6.07) is 89.4. The molecule has 4 nitrogen and oxygen atoms in total. The summed E-state index contributed by atoms with van der Waals surface area (Å²) in [4.78, 5) is 12.9. The molecule has 0 aliphatic carbocycles. The summed E-state index contributed by atoms with van der Waals surface area (Å²) < 4.78 is 4.70. The molecule has 0 spiro atoms. The highest BCUT2D eigenvalue weighted by molar-refractivity contribution is 8.00. The van der Waals surface area contributed by atoms with E-state index in [9.17, 15) is 0 Å². The third-order valence-corrected chi connectivity index (χ3v) is 26.2. The van der Waals surface area contributed by atoms with Crippen LogP contribution >= 0.6 is 11.8 Å². The Hall–Kier alpha value is -8.08. The number of fused-ring (bicyclic) bond motifs is 12. The first-order valence-electron chi connectivity index (χ1n) is 23.6. The highest BCUT2D eigenvalue weighted by Crippen LogP contribution is 2.43. The Kier molecular flexibility index (Phi) is 9.14. The van der Waals surface area contributed by atoms with Crippen molar-refractivity contribution in [3.05, 3.63) is 255 Å². The lowest BCUT2D eigenvalue weighted by atomic mass is 10.1. The summed E-state index contributed by atoms with van der Waals surface area (Å²) in [6.07, 6.45) is 5.98. The van der Waals surface area contributed by atoms with Gasteiger partial charge >= 0.3 is 0 Å². The molecule has 0 unspecified atom stereocenters. The lowest BCUT2D eigenvalue weighted by molar-refractivity contribution is 1.08. The summed E-state index contributed by atoms with van der Waals surface area (Å²) in [7, 11) is -6.70. The number of hydrogen-bond donors (Lipinski definition) is 0. The lowest BCUT2D eigenvalue weighted by Gasteiger charge is -2.45. The van der Waals surface area contributed by atoms with Crippen molar-refractivity contribution in [2.75, 3.05) is 0 Å². The van der Waals surface area contributed by atoms with Crippen molar-refractivity contribution in [3.63, 3.8) is 0 Å².